The molecule has 25 heavy (non-hydrogen) atoms. The first-order chi connectivity index (χ1) is 12.1. The van der Waals surface area contributed by atoms with E-state index in [4.69, 9.17) is 0 Å². The molecule has 130 valence electrons. The van der Waals surface area contributed by atoms with E-state index in [1.807, 2.05) is 41.3 Å². The first-order valence-corrected chi connectivity index (χ1v) is 9.10. The molecule has 0 radical (unpaired) electrons. The van der Waals surface area contributed by atoms with E-state index >= 15 is 0 Å². The summed E-state index contributed by atoms with van der Waals surface area (Å²) in [6.07, 6.45) is 2.16. The summed E-state index contributed by atoms with van der Waals surface area (Å²) >= 11 is 3.37. The number of rotatable bonds is 5. The Morgan fingerprint density at radius 1 is 1.00 bits per heavy atom. The van der Waals surface area contributed by atoms with Gasteiger partial charge in [-0.2, -0.15) is 0 Å². The highest BCUT2D eigenvalue weighted by Crippen LogP contribution is 2.17. The van der Waals surface area contributed by atoms with Gasteiger partial charge in [0.1, 0.15) is 0 Å². The summed E-state index contributed by atoms with van der Waals surface area (Å²) in [5.74, 6) is -0.0493. The van der Waals surface area contributed by atoms with Crippen molar-refractivity contribution in [2.45, 2.75) is 12.8 Å². The zero-order valence-electron chi connectivity index (χ0n) is 13.8. The molecule has 6 heteroatoms. The molecule has 1 aliphatic rings. The molecule has 1 saturated heterocycles. The minimum atomic E-state index is -0.129. The molecule has 3 rings (SSSR count). The number of nitrogens with zero attached hydrogens (tertiary/aromatic N) is 1. The van der Waals surface area contributed by atoms with Gasteiger partial charge in [0, 0.05) is 34.5 Å². The monoisotopic (exact) mass is 401 g/mol. The van der Waals surface area contributed by atoms with Crippen molar-refractivity contribution < 1.29 is 9.59 Å². The molecule has 1 aliphatic heterocycles. The van der Waals surface area contributed by atoms with Crippen LogP contribution in [0.25, 0.3) is 0 Å². The third-order valence-corrected chi connectivity index (χ3v) is 4.58. The summed E-state index contributed by atoms with van der Waals surface area (Å²) in [5, 5.41) is 5.89. The van der Waals surface area contributed by atoms with E-state index in [1.54, 1.807) is 12.1 Å². The number of hydrogen-bond donors (Lipinski definition) is 2. The highest BCUT2D eigenvalue weighted by Gasteiger charge is 2.19. The van der Waals surface area contributed by atoms with Crippen LogP contribution in [0.5, 0.6) is 0 Å². The fourth-order valence-corrected chi connectivity index (χ4v) is 3.19. The Morgan fingerprint density at radius 3 is 2.40 bits per heavy atom. The van der Waals surface area contributed by atoms with E-state index in [9.17, 15) is 9.59 Å². The lowest BCUT2D eigenvalue weighted by molar-refractivity contribution is -0.114. The van der Waals surface area contributed by atoms with E-state index in [0.29, 0.717) is 5.56 Å². The summed E-state index contributed by atoms with van der Waals surface area (Å²) in [6.45, 7) is 1.84. The van der Waals surface area contributed by atoms with Crippen LogP contribution in [0.2, 0.25) is 0 Å². The Bertz CT molecular complexity index is 756. The summed E-state index contributed by atoms with van der Waals surface area (Å²) in [6, 6.07) is 14.7. The summed E-state index contributed by atoms with van der Waals surface area (Å²) in [4.78, 5) is 26.2. The number of carbonyl (C=O) groups excluding carboxylic acids is 2. The first kappa shape index (κ1) is 17.5. The lowest BCUT2D eigenvalue weighted by Crippen LogP contribution is -2.27. The Balaban J connectivity index is 1.51. The maximum absolute atomic E-state index is 12.3. The number of amides is 2. The van der Waals surface area contributed by atoms with Crippen molar-refractivity contribution in [3.05, 3.63) is 58.6 Å². The van der Waals surface area contributed by atoms with Crippen molar-refractivity contribution in [3.8, 4) is 0 Å². The van der Waals surface area contributed by atoms with Crippen LogP contribution in [-0.2, 0) is 4.79 Å². The number of likely N-dealkylation sites (tertiary alicyclic amines) is 1. The normalized spacial score (nSPS) is 13.6. The van der Waals surface area contributed by atoms with Gasteiger partial charge in [0.25, 0.3) is 5.91 Å². The number of benzene rings is 2. The van der Waals surface area contributed by atoms with Gasteiger partial charge in [0.15, 0.2) is 0 Å². The molecular weight excluding hydrogens is 382 g/mol. The van der Waals surface area contributed by atoms with E-state index < -0.39 is 0 Å². The smallest absolute Gasteiger partial charge is 0.253 e. The Hall–Kier alpha value is -2.34. The molecule has 1 heterocycles. The average Bonchev–Trinajstić information content (AvgIpc) is 3.14. The molecule has 2 aromatic rings. The van der Waals surface area contributed by atoms with Crippen molar-refractivity contribution in [2.24, 2.45) is 0 Å². The Kier molecular flexibility index (Phi) is 5.71. The van der Waals surface area contributed by atoms with Gasteiger partial charge in [-0.3, -0.25) is 9.59 Å². The molecule has 0 saturated carbocycles. The lowest BCUT2D eigenvalue weighted by Gasteiger charge is -2.15. The van der Waals surface area contributed by atoms with Gasteiger partial charge in [0.05, 0.1) is 6.54 Å². The van der Waals surface area contributed by atoms with Crippen LogP contribution in [0.1, 0.15) is 23.2 Å². The number of hydrogen-bond acceptors (Lipinski definition) is 3. The molecule has 1 fully saturated rings. The van der Waals surface area contributed by atoms with Crippen LogP contribution in [0.15, 0.2) is 53.0 Å². The standard InChI is InChI=1S/C19H20BrN3O2/c20-15-4-3-5-17(12-15)22-18(24)13-21-16-8-6-14(7-9-16)19(25)23-10-1-2-11-23/h3-9,12,21H,1-2,10-11,13H2,(H,22,24). The van der Waals surface area contributed by atoms with Crippen LogP contribution < -0.4 is 10.6 Å². The maximum Gasteiger partial charge on any atom is 0.253 e. The second kappa shape index (κ2) is 8.16. The van der Waals surface area contributed by atoms with E-state index in [1.165, 1.54) is 0 Å². The molecule has 2 N–H and O–H groups in total. The quantitative estimate of drug-likeness (QED) is 0.801. The zero-order chi connectivity index (χ0) is 17.6. The topological polar surface area (TPSA) is 61.4 Å². The SMILES string of the molecule is O=C(CNc1ccc(C(=O)N2CCCC2)cc1)Nc1cccc(Br)c1. The molecule has 0 unspecified atom stereocenters. The van der Waals surface area contributed by atoms with Gasteiger partial charge < -0.3 is 15.5 Å². The third kappa shape index (κ3) is 4.82. The minimum absolute atomic E-state index is 0.0800. The van der Waals surface area contributed by atoms with Crippen molar-refractivity contribution in [1.82, 2.24) is 4.90 Å². The first-order valence-electron chi connectivity index (χ1n) is 8.30. The summed E-state index contributed by atoms with van der Waals surface area (Å²) in [7, 11) is 0. The van der Waals surface area contributed by atoms with Gasteiger partial charge in [-0.1, -0.05) is 22.0 Å². The summed E-state index contributed by atoms with van der Waals surface area (Å²) < 4.78 is 0.913. The summed E-state index contributed by atoms with van der Waals surface area (Å²) in [5.41, 5.74) is 2.24. The van der Waals surface area contributed by atoms with Crippen LogP contribution in [0.4, 0.5) is 11.4 Å². The predicted octanol–water partition coefficient (Wildman–Crippen LogP) is 3.74. The number of anilines is 2. The van der Waals surface area contributed by atoms with E-state index in [2.05, 4.69) is 26.6 Å². The molecule has 5 nitrogen and oxygen atoms in total. The van der Waals surface area contributed by atoms with E-state index in [-0.39, 0.29) is 18.4 Å². The van der Waals surface area contributed by atoms with Gasteiger partial charge in [-0.05, 0) is 55.3 Å². The van der Waals surface area contributed by atoms with Crippen molar-refractivity contribution in [1.29, 1.82) is 0 Å². The van der Waals surface area contributed by atoms with Gasteiger partial charge >= 0.3 is 0 Å². The Labute approximate surface area is 155 Å². The number of carbonyl (C=O) groups is 2. The second-order valence-electron chi connectivity index (χ2n) is 5.99. The number of halogens is 1. The third-order valence-electron chi connectivity index (χ3n) is 4.09. The highest BCUT2D eigenvalue weighted by atomic mass is 79.9. The fraction of sp³-hybridized carbons (Fsp3) is 0.263. The molecular formula is C19H20BrN3O2. The van der Waals surface area contributed by atoms with E-state index in [0.717, 1.165) is 41.8 Å². The molecule has 2 amide bonds. The minimum Gasteiger partial charge on any atom is -0.376 e. The average molecular weight is 402 g/mol. The van der Waals surface area contributed by atoms with Crippen LogP contribution in [0, 0.1) is 0 Å². The molecule has 0 atom stereocenters. The molecule has 0 bridgehead atoms. The molecule has 2 aromatic carbocycles. The molecule has 0 aliphatic carbocycles. The van der Waals surface area contributed by atoms with Crippen LogP contribution >= 0.6 is 15.9 Å². The fourth-order valence-electron chi connectivity index (χ4n) is 2.79. The maximum atomic E-state index is 12.3. The van der Waals surface area contributed by atoms with Crippen LogP contribution in [-0.4, -0.2) is 36.3 Å². The lowest BCUT2D eigenvalue weighted by atomic mass is 10.2. The van der Waals surface area contributed by atoms with Gasteiger partial charge in [-0.15, -0.1) is 0 Å². The predicted molar refractivity (Wildman–Crippen MR) is 103 cm³/mol. The Morgan fingerprint density at radius 2 is 1.72 bits per heavy atom. The molecule has 0 aromatic heterocycles. The van der Waals surface area contributed by atoms with Gasteiger partial charge in [0.2, 0.25) is 5.91 Å². The molecule has 0 spiro atoms. The second-order valence-corrected chi connectivity index (χ2v) is 6.90. The number of nitrogens with one attached hydrogen (secondary N) is 2. The zero-order valence-corrected chi connectivity index (χ0v) is 15.4. The van der Waals surface area contributed by atoms with Crippen molar-refractivity contribution in [3.63, 3.8) is 0 Å². The van der Waals surface area contributed by atoms with Crippen LogP contribution in [0.3, 0.4) is 0 Å². The van der Waals surface area contributed by atoms with Crippen molar-refractivity contribution >= 4 is 39.1 Å². The van der Waals surface area contributed by atoms with Gasteiger partial charge in [-0.25, -0.2) is 0 Å². The van der Waals surface area contributed by atoms with Crippen molar-refractivity contribution in [2.75, 3.05) is 30.3 Å². The highest BCUT2D eigenvalue weighted by molar-refractivity contribution is 9.10. The largest absolute Gasteiger partial charge is 0.376 e.